The Bertz CT molecular complexity index is 139. The molecule has 0 bridgehead atoms. The molecule has 3 heteroatoms. The molecule has 1 rings (SSSR count). The topological polar surface area (TPSA) is 46.5 Å². The number of carbonyl (C=O) groups excluding carboxylic acids is 1. The highest BCUT2D eigenvalue weighted by molar-refractivity contribution is 5.77. The molecule has 0 amide bonds. The predicted octanol–water partition coefficient (Wildman–Crippen LogP) is 0.278. The number of ether oxygens (including phenoxy) is 1. The Morgan fingerprint density at radius 2 is 2.33 bits per heavy atom. The van der Waals surface area contributed by atoms with Gasteiger partial charge in [-0.05, 0) is 13.8 Å². The number of hydrogen-bond donors (Lipinski definition) is 1. The van der Waals surface area contributed by atoms with Gasteiger partial charge in [-0.3, -0.25) is 4.79 Å². The molecule has 3 nitrogen and oxygen atoms in total. The molecular formula is C6H10O3. The smallest absolute Gasteiger partial charge is 0.314 e. The van der Waals surface area contributed by atoms with Crippen molar-refractivity contribution in [2.24, 2.45) is 5.41 Å². The third-order valence-electron chi connectivity index (χ3n) is 1.48. The second-order valence-electron chi connectivity index (χ2n) is 2.95. The van der Waals surface area contributed by atoms with Gasteiger partial charge in [0.25, 0.3) is 0 Å². The highest BCUT2D eigenvalue weighted by atomic mass is 16.6. The molecule has 0 radical (unpaired) electrons. The first kappa shape index (κ1) is 6.55. The van der Waals surface area contributed by atoms with Gasteiger partial charge < -0.3 is 9.84 Å². The van der Waals surface area contributed by atoms with Gasteiger partial charge in [-0.1, -0.05) is 0 Å². The van der Waals surface area contributed by atoms with E-state index in [0.29, 0.717) is 6.42 Å². The van der Waals surface area contributed by atoms with Gasteiger partial charge in [0.15, 0.2) is 0 Å². The number of hydrogen-bond acceptors (Lipinski definition) is 3. The third-order valence-corrected chi connectivity index (χ3v) is 1.48. The number of aliphatic hydroxyl groups excluding tert-OH is 1. The standard InChI is InChI=1S/C6H10O3/c1-6(2)3-4(7)9-5(6)8/h4,7H,3H2,1-2H3/t4-/m0/s1. The van der Waals surface area contributed by atoms with Crippen molar-refractivity contribution in [3.05, 3.63) is 0 Å². The molecule has 0 aromatic carbocycles. The van der Waals surface area contributed by atoms with E-state index in [-0.39, 0.29) is 5.97 Å². The molecule has 1 aliphatic heterocycles. The van der Waals surface area contributed by atoms with E-state index in [1.165, 1.54) is 0 Å². The van der Waals surface area contributed by atoms with Crippen molar-refractivity contribution in [3.63, 3.8) is 0 Å². The molecule has 1 fully saturated rings. The maximum absolute atomic E-state index is 10.7. The molecule has 0 unspecified atom stereocenters. The van der Waals surface area contributed by atoms with E-state index in [0.717, 1.165) is 0 Å². The second-order valence-corrected chi connectivity index (χ2v) is 2.95. The number of carbonyl (C=O) groups is 1. The summed E-state index contributed by atoms with van der Waals surface area (Å²) >= 11 is 0. The Kier molecular flexibility index (Phi) is 1.24. The summed E-state index contributed by atoms with van der Waals surface area (Å²) in [5, 5.41) is 8.79. The van der Waals surface area contributed by atoms with Crippen LogP contribution in [0.15, 0.2) is 0 Å². The van der Waals surface area contributed by atoms with Crippen molar-refractivity contribution in [1.82, 2.24) is 0 Å². The largest absolute Gasteiger partial charge is 0.436 e. The summed E-state index contributed by atoms with van der Waals surface area (Å²) < 4.78 is 4.49. The summed E-state index contributed by atoms with van der Waals surface area (Å²) in [5.74, 6) is -0.310. The Morgan fingerprint density at radius 3 is 2.44 bits per heavy atom. The Hall–Kier alpha value is -0.570. The van der Waals surface area contributed by atoms with Gasteiger partial charge in [-0.15, -0.1) is 0 Å². The van der Waals surface area contributed by atoms with Crippen molar-refractivity contribution < 1.29 is 14.6 Å². The summed E-state index contributed by atoms with van der Waals surface area (Å²) in [6.07, 6.45) is -0.473. The van der Waals surface area contributed by atoms with Crippen molar-refractivity contribution in [2.45, 2.75) is 26.6 Å². The quantitative estimate of drug-likeness (QED) is 0.479. The molecule has 1 N–H and O–H groups in total. The molecule has 0 spiro atoms. The first-order valence-electron chi connectivity index (χ1n) is 2.91. The van der Waals surface area contributed by atoms with E-state index in [1.54, 1.807) is 13.8 Å². The second kappa shape index (κ2) is 1.70. The molecule has 1 saturated heterocycles. The lowest BCUT2D eigenvalue weighted by atomic mass is 9.92. The molecular weight excluding hydrogens is 120 g/mol. The zero-order chi connectivity index (χ0) is 7.07. The number of cyclic esters (lactones) is 1. The van der Waals surface area contributed by atoms with E-state index < -0.39 is 11.7 Å². The molecule has 1 atom stereocenters. The van der Waals surface area contributed by atoms with E-state index in [2.05, 4.69) is 4.74 Å². The van der Waals surface area contributed by atoms with Gasteiger partial charge in [0, 0.05) is 6.42 Å². The molecule has 1 aliphatic rings. The number of esters is 1. The number of aliphatic hydroxyl groups is 1. The van der Waals surface area contributed by atoms with Gasteiger partial charge in [0.1, 0.15) is 0 Å². The van der Waals surface area contributed by atoms with Gasteiger partial charge in [0.05, 0.1) is 5.41 Å². The summed E-state index contributed by atoms with van der Waals surface area (Å²) in [6, 6.07) is 0. The van der Waals surface area contributed by atoms with Crippen LogP contribution in [0, 0.1) is 5.41 Å². The van der Waals surface area contributed by atoms with E-state index in [4.69, 9.17) is 5.11 Å². The van der Waals surface area contributed by atoms with Crippen molar-refractivity contribution in [3.8, 4) is 0 Å². The SMILES string of the molecule is CC1(C)C[C@@H](O)OC1=O. The predicted molar refractivity (Wildman–Crippen MR) is 30.5 cm³/mol. The van der Waals surface area contributed by atoms with Gasteiger partial charge >= 0.3 is 5.97 Å². The summed E-state index contributed by atoms with van der Waals surface area (Å²) in [5.41, 5.74) is -0.487. The van der Waals surface area contributed by atoms with Crippen molar-refractivity contribution in [2.75, 3.05) is 0 Å². The lowest BCUT2D eigenvalue weighted by molar-refractivity contribution is -0.157. The molecule has 0 aromatic rings. The van der Waals surface area contributed by atoms with Crippen LogP contribution in [0.3, 0.4) is 0 Å². The first-order valence-corrected chi connectivity index (χ1v) is 2.91. The maximum Gasteiger partial charge on any atom is 0.314 e. The lowest BCUT2D eigenvalue weighted by Crippen LogP contribution is -2.16. The highest BCUT2D eigenvalue weighted by Gasteiger charge is 2.40. The molecule has 52 valence electrons. The average Bonchev–Trinajstić information content (AvgIpc) is 1.79. The zero-order valence-electron chi connectivity index (χ0n) is 5.55. The van der Waals surface area contributed by atoms with Crippen LogP contribution in [0.4, 0.5) is 0 Å². The highest BCUT2D eigenvalue weighted by Crippen LogP contribution is 2.31. The van der Waals surface area contributed by atoms with E-state index in [9.17, 15) is 4.79 Å². The van der Waals surface area contributed by atoms with Crippen LogP contribution in [0.25, 0.3) is 0 Å². The average molecular weight is 130 g/mol. The third kappa shape index (κ3) is 1.05. The normalized spacial score (nSPS) is 32.3. The minimum Gasteiger partial charge on any atom is -0.436 e. The Balaban J connectivity index is 2.70. The monoisotopic (exact) mass is 130 g/mol. The summed E-state index contributed by atoms with van der Waals surface area (Å²) in [4.78, 5) is 10.7. The fourth-order valence-electron chi connectivity index (χ4n) is 0.845. The van der Waals surface area contributed by atoms with Gasteiger partial charge in [0.2, 0.25) is 6.29 Å². The first-order chi connectivity index (χ1) is 4.02. The van der Waals surface area contributed by atoms with Crippen molar-refractivity contribution in [1.29, 1.82) is 0 Å². The fraction of sp³-hybridized carbons (Fsp3) is 0.833. The zero-order valence-corrected chi connectivity index (χ0v) is 5.55. The van der Waals surface area contributed by atoms with Gasteiger partial charge in [-0.25, -0.2) is 0 Å². The lowest BCUT2D eigenvalue weighted by Gasteiger charge is -2.07. The van der Waals surface area contributed by atoms with Crippen molar-refractivity contribution >= 4 is 5.97 Å². The summed E-state index contributed by atoms with van der Waals surface area (Å²) in [6.45, 7) is 3.51. The Labute approximate surface area is 53.6 Å². The van der Waals surface area contributed by atoms with Gasteiger partial charge in [-0.2, -0.15) is 0 Å². The van der Waals surface area contributed by atoms with Crippen LogP contribution in [0.2, 0.25) is 0 Å². The maximum atomic E-state index is 10.7. The van der Waals surface area contributed by atoms with E-state index in [1.807, 2.05) is 0 Å². The van der Waals surface area contributed by atoms with Crippen LogP contribution in [-0.4, -0.2) is 17.4 Å². The Morgan fingerprint density at radius 1 is 1.78 bits per heavy atom. The molecule has 1 heterocycles. The fourth-order valence-corrected chi connectivity index (χ4v) is 0.845. The molecule has 0 aromatic heterocycles. The van der Waals surface area contributed by atoms with Crippen LogP contribution < -0.4 is 0 Å². The minimum atomic E-state index is -0.882. The number of rotatable bonds is 0. The minimum absolute atomic E-state index is 0.310. The van der Waals surface area contributed by atoms with E-state index >= 15 is 0 Å². The van der Waals surface area contributed by atoms with Crippen LogP contribution in [-0.2, 0) is 9.53 Å². The molecule has 0 aliphatic carbocycles. The van der Waals surface area contributed by atoms with Crippen LogP contribution >= 0.6 is 0 Å². The summed E-state index contributed by atoms with van der Waals surface area (Å²) in [7, 11) is 0. The molecule has 9 heavy (non-hydrogen) atoms. The molecule has 0 saturated carbocycles. The van der Waals surface area contributed by atoms with Crippen LogP contribution in [0.5, 0.6) is 0 Å². The van der Waals surface area contributed by atoms with Crippen LogP contribution in [0.1, 0.15) is 20.3 Å².